The minimum atomic E-state index is -0.176. The fourth-order valence-corrected chi connectivity index (χ4v) is 3.30. The Kier molecular flexibility index (Phi) is 4.82. The summed E-state index contributed by atoms with van der Waals surface area (Å²) in [6.07, 6.45) is 6.15. The molecule has 1 aromatic carbocycles. The quantitative estimate of drug-likeness (QED) is 0.836. The van der Waals surface area contributed by atoms with Crippen LogP contribution in [0.4, 0.5) is 0 Å². The summed E-state index contributed by atoms with van der Waals surface area (Å²) < 4.78 is 0. The van der Waals surface area contributed by atoms with E-state index in [1.54, 1.807) is 0 Å². The second kappa shape index (κ2) is 6.38. The highest BCUT2D eigenvalue weighted by molar-refractivity contribution is 5.20. The molecule has 0 spiro atoms. The maximum atomic E-state index is 10.6. The summed E-state index contributed by atoms with van der Waals surface area (Å²) in [5.74, 6) is 1.66. The van der Waals surface area contributed by atoms with E-state index in [9.17, 15) is 5.11 Å². The minimum absolute atomic E-state index is 0.176. The molecule has 0 bridgehead atoms. The zero-order valence-electron chi connectivity index (χ0n) is 11.7. The third kappa shape index (κ3) is 3.14. The second-order valence-electron chi connectivity index (χ2n) is 5.88. The highest BCUT2D eigenvalue weighted by Crippen LogP contribution is 2.36. The van der Waals surface area contributed by atoms with Crippen LogP contribution in [0.1, 0.15) is 57.4 Å². The lowest BCUT2D eigenvalue weighted by Gasteiger charge is -2.34. The lowest BCUT2D eigenvalue weighted by atomic mass is 9.75. The molecule has 1 aliphatic rings. The third-order valence-corrected chi connectivity index (χ3v) is 4.79. The lowest BCUT2D eigenvalue weighted by Crippen LogP contribution is -2.29. The normalized spacial score (nSPS) is 27.7. The molecule has 0 radical (unpaired) electrons. The SMILES string of the molecule is CCC1CCC(C(O)C(C)c2ccccc2)CC1. The van der Waals surface area contributed by atoms with Gasteiger partial charge in [-0.15, -0.1) is 0 Å². The van der Waals surface area contributed by atoms with Crippen molar-refractivity contribution in [2.24, 2.45) is 11.8 Å². The van der Waals surface area contributed by atoms with E-state index >= 15 is 0 Å². The minimum Gasteiger partial charge on any atom is -0.392 e. The van der Waals surface area contributed by atoms with Crippen LogP contribution in [-0.4, -0.2) is 11.2 Å². The zero-order chi connectivity index (χ0) is 13.0. The second-order valence-corrected chi connectivity index (χ2v) is 5.88. The first kappa shape index (κ1) is 13.6. The zero-order valence-corrected chi connectivity index (χ0v) is 11.7. The van der Waals surface area contributed by atoms with Gasteiger partial charge in [0.1, 0.15) is 0 Å². The number of hydrogen-bond acceptors (Lipinski definition) is 1. The van der Waals surface area contributed by atoms with Crippen LogP contribution in [0.3, 0.4) is 0 Å². The van der Waals surface area contributed by atoms with Crippen molar-refractivity contribution in [1.29, 1.82) is 0 Å². The Morgan fingerprint density at radius 2 is 1.72 bits per heavy atom. The van der Waals surface area contributed by atoms with Crippen LogP contribution < -0.4 is 0 Å². The summed E-state index contributed by atoms with van der Waals surface area (Å²) >= 11 is 0. The molecule has 1 heteroatoms. The van der Waals surface area contributed by atoms with Gasteiger partial charge in [0.15, 0.2) is 0 Å². The van der Waals surface area contributed by atoms with Crippen molar-refractivity contribution in [2.45, 2.75) is 58.0 Å². The molecule has 0 amide bonds. The summed E-state index contributed by atoms with van der Waals surface area (Å²) in [4.78, 5) is 0. The Hall–Kier alpha value is -0.820. The Morgan fingerprint density at radius 1 is 1.11 bits per heavy atom. The van der Waals surface area contributed by atoms with Gasteiger partial charge in [0.25, 0.3) is 0 Å². The number of hydrogen-bond donors (Lipinski definition) is 1. The maximum absolute atomic E-state index is 10.6. The van der Waals surface area contributed by atoms with E-state index in [4.69, 9.17) is 0 Å². The van der Waals surface area contributed by atoms with Crippen LogP contribution in [0.2, 0.25) is 0 Å². The Morgan fingerprint density at radius 3 is 2.28 bits per heavy atom. The smallest absolute Gasteiger partial charge is 0.0634 e. The molecule has 18 heavy (non-hydrogen) atoms. The lowest BCUT2D eigenvalue weighted by molar-refractivity contribution is 0.0552. The first-order valence-electron chi connectivity index (χ1n) is 7.45. The molecule has 100 valence electrons. The van der Waals surface area contributed by atoms with E-state index in [-0.39, 0.29) is 12.0 Å². The van der Waals surface area contributed by atoms with Crippen molar-refractivity contribution >= 4 is 0 Å². The van der Waals surface area contributed by atoms with Crippen molar-refractivity contribution in [2.75, 3.05) is 0 Å². The van der Waals surface area contributed by atoms with E-state index in [0.29, 0.717) is 5.92 Å². The predicted octanol–water partition coefficient (Wildman–Crippen LogP) is 4.37. The van der Waals surface area contributed by atoms with Gasteiger partial charge in [-0.25, -0.2) is 0 Å². The maximum Gasteiger partial charge on any atom is 0.0634 e. The molecule has 1 aromatic rings. The molecular formula is C17H26O. The summed E-state index contributed by atoms with van der Waals surface area (Å²) in [5, 5.41) is 10.6. The van der Waals surface area contributed by atoms with Gasteiger partial charge in [0.2, 0.25) is 0 Å². The van der Waals surface area contributed by atoms with Crippen molar-refractivity contribution < 1.29 is 5.11 Å². The molecule has 0 aromatic heterocycles. The first-order chi connectivity index (χ1) is 8.72. The summed E-state index contributed by atoms with van der Waals surface area (Å²) in [7, 11) is 0. The van der Waals surface area contributed by atoms with Gasteiger partial charge in [-0.3, -0.25) is 0 Å². The van der Waals surface area contributed by atoms with Gasteiger partial charge in [-0.2, -0.15) is 0 Å². The average Bonchev–Trinajstić information content (AvgIpc) is 2.47. The van der Waals surface area contributed by atoms with Crippen LogP contribution >= 0.6 is 0 Å². The van der Waals surface area contributed by atoms with Gasteiger partial charge in [-0.05, 0) is 30.2 Å². The molecule has 1 fully saturated rings. The number of aliphatic hydroxyl groups excluding tert-OH is 1. The summed E-state index contributed by atoms with van der Waals surface area (Å²) in [5.41, 5.74) is 1.27. The standard InChI is InChI=1S/C17H26O/c1-3-14-9-11-16(12-10-14)17(18)13(2)15-7-5-4-6-8-15/h4-8,13-14,16-18H,3,9-12H2,1-2H3. The Balaban J connectivity index is 1.93. The van der Waals surface area contributed by atoms with Crippen molar-refractivity contribution in [1.82, 2.24) is 0 Å². The van der Waals surface area contributed by atoms with Crippen LogP contribution in [0.15, 0.2) is 30.3 Å². The van der Waals surface area contributed by atoms with Gasteiger partial charge < -0.3 is 5.11 Å². The first-order valence-corrected chi connectivity index (χ1v) is 7.45. The van der Waals surface area contributed by atoms with E-state index in [0.717, 1.165) is 5.92 Å². The molecule has 1 nitrogen and oxygen atoms in total. The Labute approximate surface area is 111 Å². The van der Waals surface area contributed by atoms with Crippen LogP contribution in [0, 0.1) is 11.8 Å². The number of aliphatic hydroxyl groups is 1. The van der Waals surface area contributed by atoms with Crippen LogP contribution in [0.5, 0.6) is 0 Å². The van der Waals surface area contributed by atoms with Gasteiger partial charge >= 0.3 is 0 Å². The highest BCUT2D eigenvalue weighted by Gasteiger charge is 2.29. The van der Waals surface area contributed by atoms with E-state index in [2.05, 4.69) is 38.1 Å². The van der Waals surface area contributed by atoms with Gasteiger partial charge in [0, 0.05) is 5.92 Å². The fraction of sp³-hybridized carbons (Fsp3) is 0.647. The van der Waals surface area contributed by atoms with E-state index in [1.165, 1.54) is 37.7 Å². The topological polar surface area (TPSA) is 20.2 Å². The number of rotatable bonds is 4. The molecule has 0 saturated heterocycles. The van der Waals surface area contributed by atoms with Gasteiger partial charge in [-0.1, -0.05) is 63.4 Å². The molecule has 2 rings (SSSR count). The van der Waals surface area contributed by atoms with Crippen LogP contribution in [0.25, 0.3) is 0 Å². The summed E-state index contributed by atoms with van der Waals surface area (Å²) in [6.45, 7) is 4.44. The highest BCUT2D eigenvalue weighted by atomic mass is 16.3. The number of benzene rings is 1. The van der Waals surface area contributed by atoms with Crippen molar-refractivity contribution in [3.63, 3.8) is 0 Å². The molecular weight excluding hydrogens is 220 g/mol. The summed E-state index contributed by atoms with van der Waals surface area (Å²) in [6, 6.07) is 10.4. The molecule has 0 aliphatic heterocycles. The van der Waals surface area contributed by atoms with Gasteiger partial charge in [0.05, 0.1) is 6.10 Å². The monoisotopic (exact) mass is 246 g/mol. The molecule has 0 heterocycles. The molecule has 1 aliphatic carbocycles. The van der Waals surface area contributed by atoms with Crippen LogP contribution in [-0.2, 0) is 0 Å². The third-order valence-electron chi connectivity index (χ3n) is 4.79. The van der Waals surface area contributed by atoms with E-state index in [1.807, 2.05) is 6.07 Å². The molecule has 2 unspecified atom stereocenters. The Bertz CT molecular complexity index is 338. The molecule has 1 N–H and O–H groups in total. The predicted molar refractivity (Wildman–Crippen MR) is 76.6 cm³/mol. The average molecular weight is 246 g/mol. The van der Waals surface area contributed by atoms with Crippen molar-refractivity contribution in [3.8, 4) is 0 Å². The van der Waals surface area contributed by atoms with Crippen molar-refractivity contribution in [3.05, 3.63) is 35.9 Å². The largest absolute Gasteiger partial charge is 0.392 e. The molecule has 1 saturated carbocycles. The molecule has 2 atom stereocenters. The fourth-order valence-electron chi connectivity index (χ4n) is 3.30. The van der Waals surface area contributed by atoms with E-state index < -0.39 is 0 Å².